The first-order valence-corrected chi connectivity index (χ1v) is 7.62. The van der Waals surface area contributed by atoms with Gasteiger partial charge >= 0.3 is 0 Å². The second kappa shape index (κ2) is 6.19. The average Bonchev–Trinajstić information content (AvgIpc) is 2.94. The van der Waals surface area contributed by atoms with E-state index < -0.39 is 0 Å². The van der Waals surface area contributed by atoms with Gasteiger partial charge in [0.05, 0.1) is 23.0 Å². The van der Waals surface area contributed by atoms with Crippen LogP contribution in [0.5, 0.6) is 0 Å². The Kier molecular flexibility index (Phi) is 4.09. The lowest BCUT2D eigenvalue weighted by atomic mass is 10.0. The van der Waals surface area contributed by atoms with Crippen LogP contribution in [0.4, 0.5) is 17.1 Å². The maximum atomic E-state index is 8.77. The van der Waals surface area contributed by atoms with Gasteiger partial charge in [-0.1, -0.05) is 0 Å². The van der Waals surface area contributed by atoms with Crippen molar-refractivity contribution in [2.75, 3.05) is 18.0 Å². The van der Waals surface area contributed by atoms with Crippen molar-refractivity contribution in [3.8, 4) is 6.07 Å². The van der Waals surface area contributed by atoms with E-state index >= 15 is 0 Å². The number of nitriles is 1. The Bertz CT molecular complexity index is 738. The van der Waals surface area contributed by atoms with E-state index in [0.29, 0.717) is 5.56 Å². The lowest BCUT2D eigenvalue weighted by molar-refractivity contribution is 0.525. The second-order valence-corrected chi connectivity index (χ2v) is 6.20. The van der Waals surface area contributed by atoms with Crippen molar-refractivity contribution in [2.24, 2.45) is 16.0 Å². The Balaban J connectivity index is 1.67. The highest BCUT2D eigenvalue weighted by molar-refractivity contribution is 5.54. The molecule has 5 nitrogen and oxygen atoms in total. The third-order valence-electron chi connectivity index (χ3n) is 4.00. The molecule has 1 saturated heterocycles. The summed E-state index contributed by atoms with van der Waals surface area (Å²) in [6.45, 7) is 3.95. The first kappa shape index (κ1) is 15.2. The Morgan fingerprint density at radius 2 is 1.61 bits per heavy atom. The first-order valence-electron chi connectivity index (χ1n) is 7.62. The molecule has 2 N–H and O–H groups in total. The van der Waals surface area contributed by atoms with Gasteiger partial charge in [0.15, 0.2) is 0 Å². The number of benzene rings is 2. The molecule has 0 unspecified atom stereocenters. The number of hydrogen-bond acceptors (Lipinski definition) is 5. The molecule has 2 aromatic carbocycles. The van der Waals surface area contributed by atoms with Crippen molar-refractivity contribution in [3.05, 3.63) is 54.1 Å². The van der Waals surface area contributed by atoms with Crippen molar-refractivity contribution in [2.45, 2.75) is 18.9 Å². The zero-order chi connectivity index (χ0) is 16.3. The molecule has 1 aliphatic heterocycles. The molecular weight excluding hydrogens is 286 g/mol. The van der Waals surface area contributed by atoms with Crippen molar-refractivity contribution >= 4 is 17.1 Å². The number of rotatable bonds is 3. The Morgan fingerprint density at radius 1 is 1.04 bits per heavy atom. The molecule has 0 bridgehead atoms. The van der Waals surface area contributed by atoms with Crippen molar-refractivity contribution in [3.63, 3.8) is 0 Å². The molecular formula is C18H19N5. The summed E-state index contributed by atoms with van der Waals surface area (Å²) in [6, 6.07) is 17.1. The summed E-state index contributed by atoms with van der Waals surface area (Å²) in [6.07, 6.45) is 1.01. The summed E-state index contributed by atoms with van der Waals surface area (Å²) in [5.74, 6) is 0. The number of nitrogens with zero attached hydrogens (tertiary/aromatic N) is 4. The average molecular weight is 305 g/mol. The van der Waals surface area contributed by atoms with Gasteiger partial charge in [0, 0.05) is 24.3 Å². The molecule has 0 aliphatic carbocycles. The minimum atomic E-state index is -0.103. The smallest absolute Gasteiger partial charge is 0.0991 e. The van der Waals surface area contributed by atoms with E-state index in [4.69, 9.17) is 11.0 Å². The van der Waals surface area contributed by atoms with Crippen LogP contribution in [-0.4, -0.2) is 18.6 Å². The first-order chi connectivity index (χ1) is 11.1. The molecule has 1 aliphatic rings. The summed E-state index contributed by atoms with van der Waals surface area (Å²) < 4.78 is 0. The molecule has 0 radical (unpaired) electrons. The standard InChI is InChI=1S/C18H19N5/c1-18(20)10-11-23(13-18)17-8-6-16(7-9-17)22-21-15-4-2-14(12-19)3-5-15/h2-9H,10-11,13,20H2,1H3/t18-/m0/s1. The van der Waals surface area contributed by atoms with Crippen LogP contribution < -0.4 is 10.6 Å². The van der Waals surface area contributed by atoms with Crippen molar-refractivity contribution in [1.29, 1.82) is 5.26 Å². The summed E-state index contributed by atoms with van der Waals surface area (Å²) in [5, 5.41) is 17.2. The van der Waals surface area contributed by atoms with Gasteiger partial charge < -0.3 is 10.6 Å². The van der Waals surface area contributed by atoms with E-state index in [0.717, 1.165) is 36.6 Å². The van der Waals surface area contributed by atoms with Gasteiger partial charge in [0.25, 0.3) is 0 Å². The van der Waals surface area contributed by atoms with E-state index in [1.165, 1.54) is 0 Å². The van der Waals surface area contributed by atoms with Gasteiger partial charge in [-0.25, -0.2) is 0 Å². The fourth-order valence-electron chi connectivity index (χ4n) is 2.65. The van der Waals surface area contributed by atoms with Gasteiger partial charge in [-0.3, -0.25) is 0 Å². The van der Waals surface area contributed by atoms with Gasteiger partial charge in [-0.15, -0.1) is 0 Å². The maximum Gasteiger partial charge on any atom is 0.0991 e. The Morgan fingerprint density at radius 3 is 2.09 bits per heavy atom. The van der Waals surface area contributed by atoms with Crippen LogP contribution in [0.25, 0.3) is 0 Å². The van der Waals surface area contributed by atoms with Gasteiger partial charge in [0.2, 0.25) is 0 Å². The van der Waals surface area contributed by atoms with Crippen LogP contribution in [0.3, 0.4) is 0 Å². The van der Waals surface area contributed by atoms with Gasteiger partial charge in [0.1, 0.15) is 0 Å². The molecule has 0 aromatic heterocycles. The largest absolute Gasteiger partial charge is 0.370 e. The van der Waals surface area contributed by atoms with Crippen LogP contribution in [0.2, 0.25) is 0 Å². The lowest BCUT2D eigenvalue weighted by Gasteiger charge is -2.21. The number of anilines is 1. The molecule has 1 atom stereocenters. The number of nitrogens with two attached hydrogens (primary N) is 1. The quantitative estimate of drug-likeness (QED) is 0.873. The molecule has 0 spiro atoms. The van der Waals surface area contributed by atoms with E-state index in [-0.39, 0.29) is 5.54 Å². The molecule has 3 rings (SSSR count). The fraction of sp³-hybridized carbons (Fsp3) is 0.278. The number of hydrogen-bond donors (Lipinski definition) is 1. The highest BCUT2D eigenvalue weighted by Gasteiger charge is 2.29. The Labute approximate surface area is 136 Å². The SMILES string of the molecule is C[C@]1(N)CCN(c2ccc(N=Nc3ccc(C#N)cc3)cc2)C1. The molecule has 2 aromatic rings. The summed E-state index contributed by atoms with van der Waals surface area (Å²) in [4.78, 5) is 2.29. The monoisotopic (exact) mass is 305 g/mol. The molecule has 0 amide bonds. The third kappa shape index (κ3) is 3.74. The molecule has 116 valence electrons. The van der Waals surface area contributed by atoms with Crippen molar-refractivity contribution < 1.29 is 0 Å². The highest BCUT2D eigenvalue weighted by Crippen LogP contribution is 2.27. The van der Waals surface area contributed by atoms with E-state index in [1.807, 2.05) is 12.1 Å². The minimum absolute atomic E-state index is 0.103. The predicted molar refractivity (Wildman–Crippen MR) is 91.2 cm³/mol. The summed E-state index contributed by atoms with van der Waals surface area (Å²) in [5.41, 5.74) is 9.38. The molecule has 23 heavy (non-hydrogen) atoms. The van der Waals surface area contributed by atoms with E-state index in [2.05, 4.69) is 40.3 Å². The normalized spacial score (nSPS) is 20.8. The summed E-state index contributed by atoms with van der Waals surface area (Å²) >= 11 is 0. The van der Waals surface area contributed by atoms with Crippen LogP contribution in [0, 0.1) is 11.3 Å². The van der Waals surface area contributed by atoms with Crippen LogP contribution >= 0.6 is 0 Å². The lowest BCUT2D eigenvalue weighted by Crippen LogP contribution is -2.39. The zero-order valence-electron chi connectivity index (χ0n) is 13.1. The maximum absolute atomic E-state index is 8.77. The van der Waals surface area contributed by atoms with Crippen LogP contribution in [0.15, 0.2) is 58.8 Å². The van der Waals surface area contributed by atoms with Gasteiger partial charge in [-0.2, -0.15) is 15.5 Å². The second-order valence-electron chi connectivity index (χ2n) is 6.20. The van der Waals surface area contributed by atoms with E-state index in [9.17, 15) is 0 Å². The topological polar surface area (TPSA) is 77.8 Å². The Hall–Kier alpha value is -2.71. The number of azo groups is 1. The van der Waals surface area contributed by atoms with E-state index in [1.54, 1.807) is 24.3 Å². The van der Waals surface area contributed by atoms with Gasteiger partial charge in [-0.05, 0) is 61.9 Å². The molecule has 1 heterocycles. The summed E-state index contributed by atoms with van der Waals surface area (Å²) in [7, 11) is 0. The molecule has 0 saturated carbocycles. The predicted octanol–water partition coefficient (Wildman–Crippen LogP) is 3.90. The minimum Gasteiger partial charge on any atom is -0.370 e. The van der Waals surface area contributed by atoms with Crippen LogP contribution in [-0.2, 0) is 0 Å². The zero-order valence-corrected chi connectivity index (χ0v) is 13.1. The molecule has 1 fully saturated rings. The van der Waals surface area contributed by atoms with Crippen LogP contribution in [0.1, 0.15) is 18.9 Å². The highest BCUT2D eigenvalue weighted by atomic mass is 15.2. The fourth-order valence-corrected chi connectivity index (χ4v) is 2.65. The van der Waals surface area contributed by atoms with Crippen molar-refractivity contribution in [1.82, 2.24) is 0 Å². The third-order valence-corrected chi connectivity index (χ3v) is 4.00. The molecule has 5 heteroatoms.